The number of esters is 1. The molecule has 0 aromatic heterocycles. The highest BCUT2D eigenvalue weighted by molar-refractivity contribution is 7.89. The van der Waals surface area contributed by atoms with E-state index in [0.717, 1.165) is 5.56 Å². The van der Waals surface area contributed by atoms with E-state index < -0.39 is 22.0 Å². The fourth-order valence-corrected chi connectivity index (χ4v) is 4.63. The molecule has 7 heteroatoms. The second-order valence-corrected chi connectivity index (χ2v) is 7.13. The molecular weight excluding hydrogens is 292 g/mol. The molecule has 2 N–H and O–H groups in total. The summed E-state index contributed by atoms with van der Waals surface area (Å²) in [5.74, 6) is -0.519. The SMILES string of the molecule is COC(=O)C1CCCN1S(=O)(=O)c1cc(C)cc(N)c1C. The number of benzene rings is 1. The van der Waals surface area contributed by atoms with Crippen LogP contribution >= 0.6 is 0 Å². The van der Waals surface area contributed by atoms with Crippen molar-refractivity contribution in [1.82, 2.24) is 4.31 Å². The minimum absolute atomic E-state index is 0.163. The molecule has 21 heavy (non-hydrogen) atoms. The molecule has 0 aliphatic carbocycles. The number of ether oxygens (including phenoxy) is 1. The fraction of sp³-hybridized carbons (Fsp3) is 0.500. The first-order valence-electron chi connectivity index (χ1n) is 6.75. The smallest absolute Gasteiger partial charge is 0.324 e. The number of nitrogen functional groups attached to an aromatic ring is 1. The summed E-state index contributed by atoms with van der Waals surface area (Å²) >= 11 is 0. The minimum atomic E-state index is -3.77. The van der Waals surface area contributed by atoms with Crippen molar-refractivity contribution in [1.29, 1.82) is 0 Å². The van der Waals surface area contributed by atoms with Crippen LogP contribution in [0.3, 0.4) is 0 Å². The number of methoxy groups -OCH3 is 1. The maximum atomic E-state index is 12.9. The quantitative estimate of drug-likeness (QED) is 0.669. The maximum Gasteiger partial charge on any atom is 0.324 e. The van der Waals surface area contributed by atoms with Crippen LogP contribution in [-0.4, -0.2) is 38.4 Å². The predicted octanol–water partition coefficient (Wildman–Crippen LogP) is 1.21. The van der Waals surface area contributed by atoms with Gasteiger partial charge in [-0.1, -0.05) is 0 Å². The molecule has 6 nitrogen and oxygen atoms in total. The Labute approximate surface area is 124 Å². The summed E-state index contributed by atoms with van der Waals surface area (Å²) in [7, 11) is -2.50. The third-order valence-electron chi connectivity index (χ3n) is 3.81. The summed E-state index contributed by atoms with van der Waals surface area (Å²) in [6, 6.07) is 2.57. The van der Waals surface area contributed by atoms with Gasteiger partial charge in [-0.25, -0.2) is 8.42 Å². The zero-order valence-corrected chi connectivity index (χ0v) is 13.2. The summed E-state index contributed by atoms with van der Waals surface area (Å²) in [6.07, 6.45) is 1.12. The van der Waals surface area contributed by atoms with Crippen molar-refractivity contribution in [2.45, 2.75) is 37.6 Å². The van der Waals surface area contributed by atoms with E-state index in [1.165, 1.54) is 11.4 Å². The van der Waals surface area contributed by atoms with Crippen LogP contribution in [0.5, 0.6) is 0 Å². The van der Waals surface area contributed by atoms with Gasteiger partial charge in [-0.05, 0) is 49.9 Å². The van der Waals surface area contributed by atoms with Crippen LogP contribution in [0.1, 0.15) is 24.0 Å². The molecule has 1 aliphatic heterocycles. The van der Waals surface area contributed by atoms with Crippen LogP contribution in [-0.2, 0) is 19.6 Å². The average molecular weight is 312 g/mol. The van der Waals surface area contributed by atoms with Gasteiger partial charge in [0.2, 0.25) is 10.0 Å². The zero-order chi connectivity index (χ0) is 15.8. The van der Waals surface area contributed by atoms with Gasteiger partial charge in [-0.2, -0.15) is 4.31 Å². The second-order valence-electron chi connectivity index (χ2n) is 5.27. The van der Waals surface area contributed by atoms with Gasteiger partial charge in [0.15, 0.2) is 0 Å². The molecule has 1 atom stereocenters. The summed E-state index contributed by atoms with van der Waals surface area (Å²) in [5, 5.41) is 0. The van der Waals surface area contributed by atoms with Crippen molar-refractivity contribution in [3.05, 3.63) is 23.3 Å². The van der Waals surface area contributed by atoms with E-state index in [1.54, 1.807) is 26.0 Å². The standard InChI is InChI=1S/C14H20N2O4S/c1-9-7-11(15)10(2)13(8-9)21(18,19)16-6-4-5-12(16)14(17)20-3/h7-8,12H,4-6,15H2,1-3H3. The lowest BCUT2D eigenvalue weighted by Gasteiger charge is -2.23. The van der Waals surface area contributed by atoms with E-state index in [2.05, 4.69) is 0 Å². The van der Waals surface area contributed by atoms with Gasteiger partial charge in [-0.15, -0.1) is 0 Å². The summed E-state index contributed by atoms with van der Waals surface area (Å²) in [4.78, 5) is 11.9. The number of nitrogens with two attached hydrogens (primary N) is 1. The van der Waals surface area contributed by atoms with E-state index >= 15 is 0 Å². The summed E-state index contributed by atoms with van der Waals surface area (Å²) < 4.78 is 31.6. The van der Waals surface area contributed by atoms with Crippen molar-refractivity contribution in [2.24, 2.45) is 0 Å². The summed E-state index contributed by atoms with van der Waals surface area (Å²) in [6.45, 7) is 3.77. The largest absolute Gasteiger partial charge is 0.468 e. The average Bonchev–Trinajstić information content (AvgIpc) is 2.91. The van der Waals surface area contributed by atoms with Gasteiger partial charge < -0.3 is 10.5 Å². The Morgan fingerprint density at radius 3 is 2.67 bits per heavy atom. The number of rotatable bonds is 3. The van der Waals surface area contributed by atoms with Crippen molar-refractivity contribution >= 4 is 21.7 Å². The van der Waals surface area contributed by atoms with Gasteiger partial charge in [0.1, 0.15) is 6.04 Å². The van der Waals surface area contributed by atoms with Crippen LogP contribution < -0.4 is 5.73 Å². The fourth-order valence-electron chi connectivity index (χ4n) is 2.65. The van der Waals surface area contributed by atoms with Crippen molar-refractivity contribution < 1.29 is 17.9 Å². The van der Waals surface area contributed by atoms with Crippen molar-refractivity contribution in [3.63, 3.8) is 0 Å². The van der Waals surface area contributed by atoms with Gasteiger partial charge >= 0.3 is 5.97 Å². The van der Waals surface area contributed by atoms with E-state index in [-0.39, 0.29) is 4.90 Å². The first kappa shape index (κ1) is 15.8. The maximum absolute atomic E-state index is 12.9. The van der Waals surface area contributed by atoms with Crippen molar-refractivity contribution in [2.75, 3.05) is 19.4 Å². The molecule has 1 unspecified atom stereocenters. The number of nitrogens with zero attached hydrogens (tertiary/aromatic N) is 1. The van der Waals surface area contributed by atoms with Crippen LogP contribution in [0, 0.1) is 13.8 Å². The Kier molecular flexibility index (Phi) is 4.25. The third kappa shape index (κ3) is 2.75. The Balaban J connectivity index is 2.50. The van der Waals surface area contributed by atoms with E-state index in [4.69, 9.17) is 10.5 Å². The first-order chi connectivity index (χ1) is 9.78. The second kappa shape index (κ2) is 5.65. The Bertz CT molecular complexity index is 670. The normalized spacial score (nSPS) is 19.7. The number of aryl methyl sites for hydroxylation is 1. The third-order valence-corrected chi connectivity index (χ3v) is 5.84. The Hall–Kier alpha value is -1.60. The van der Waals surface area contributed by atoms with Crippen LogP contribution in [0.15, 0.2) is 17.0 Å². The first-order valence-corrected chi connectivity index (χ1v) is 8.19. The number of hydrogen-bond acceptors (Lipinski definition) is 5. The molecule has 0 spiro atoms. The molecule has 1 fully saturated rings. The molecule has 0 bridgehead atoms. The van der Waals surface area contributed by atoms with E-state index in [1.807, 2.05) is 0 Å². The molecule has 116 valence electrons. The molecule has 1 aromatic carbocycles. The monoisotopic (exact) mass is 312 g/mol. The lowest BCUT2D eigenvalue weighted by Crippen LogP contribution is -2.41. The topological polar surface area (TPSA) is 89.7 Å². The lowest BCUT2D eigenvalue weighted by atomic mass is 10.1. The molecule has 0 saturated carbocycles. The van der Waals surface area contributed by atoms with E-state index in [0.29, 0.717) is 30.6 Å². The molecule has 1 heterocycles. The van der Waals surface area contributed by atoms with Gasteiger partial charge in [0.25, 0.3) is 0 Å². The molecule has 0 radical (unpaired) electrons. The molecule has 2 rings (SSSR count). The molecule has 0 amide bonds. The molecule has 1 saturated heterocycles. The van der Waals surface area contributed by atoms with Gasteiger partial charge in [0, 0.05) is 12.2 Å². The lowest BCUT2D eigenvalue weighted by molar-refractivity contribution is -0.144. The van der Waals surface area contributed by atoms with Crippen LogP contribution in [0.4, 0.5) is 5.69 Å². The highest BCUT2D eigenvalue weighted by Gasteiger charge is 2.40. The molecular formula is C14H20N2O4S. The number of sulfonamides is 1. The van der Waals surface area contributed by atoms with Gasteiger partial charge in [-0.3, -0.25) is 4.79 Å². The number of carbonyl (C=O) groups excluding carboxylic acids is 1. The van der Waals surface area contributed by atoms with Gasteiger partial charge in [0.05, 0.1) is 12.0 Å². The number of hydrogen-bond donors (Lipinski definition) is 1. The molecule has 1 aliphatic rings. The Morgan fingerprint density at radius 1 is 1.38 bits per heavy atom. The number of anilines is 1. The predicted molar refractivity (Wildman–Crippen MR) is 79.3 cm³/mol. The summed E-state index contributed by atoms with van der Waals surface area (Å²) in [5.41, 5.74) is 7.57. The minimum Gasteiger partial charge on any atom is -0.468 e. The van der Waals surface area contributed by atoms with Crippen LogP contribution in [0.2, 0.25) is 0 Å². The highest BCUT2D eigenvalue weighted by Crippen LogP contribution is 2.31. The number of carbonyl (C=O) groups is 1. The highest BCUT2D eigenvalue weighted by atomic mass is 32.2. The molecule has 1 aromatic rings. The zero-order valence-electron chi connectivity index (χ0n) is 12.4. The Morgan fingerprint density at radius 2 is 2.05 bits per heavy atom. The van der Waals surface area contributed by atoms with Crippen LogP contribution in [0.25, 0.3) is 0 Å². The van der Waals surface area contributed by atoms with Crippen molar-refractivity contribution in [3.8, 4) is 0 Å². The van der Waals surface area contributed by atoms with E-state index in [9.17, 15) is 13.2 Å².